The predicted octanol–water partition coefficient (Wildman–Crippen LogP) is 5.26. The number of benzene rings is 1. The number of amidine groups is 1. The molecule has 0 atom stereocenters. The first kappa shape index (κ1) is 17.2. The number of aliphatic imine (C=N–C) groups is 2. The highest BCUT2D eigenvalue weighted by Gasteiger charge is 2.03. The largest absolute Gasteiger partial charge is 0.497 e. The molecule has 1 aromatic rings. The summed E-state index contributed by atoms with van der Waals surface area (Å²) in [6, 6.07) is 5.92. The summed E-state index contributed by atoms with van der Waals surface area (Å²) in [7, 11) is 1.68. The molecule has 0 saturated carbocycles. The van der Waals surface area contributed by atoms with Gasteiger partial charge in [-0.2, -0.15) is 0 Å². The number of hydrogen-bond donors (Lipinski definition) is 0. The van der Waals surface area contributed by atoms with Crippen LogP contribution in [0.25, 0.3) is 0 Å². The van der Waals surface area contributed by atoms with Crippen molar-refractivity contribution in [3.8, 4) is 5.75 Å². The highest BCUT2D eigenvalue weighted by Crippen LogP contribution is 2.24. The molecule has 1 rings (SSSR count). The van der Waals surface area contributed by atoms with E-state index in [2.05, 4.69) is 11.9 Å². The zero-order valence-electron chi connectivity index (χ0n) is 13.8. The van der Waals surface area contributed by atoms with Crippen LogP contribution in [-0.2, 0) is 0 Å². The number of methoxy groups -OCH3 is 1. The Morgan fingerprint density at radius 1 is 1.33 bits per heavy atom. The highest BCUT2D eigenvalue weighted by molar-refractivity contribution is 6.03. The van der Waals surface area contributed by atoms with E-state index in [9.17, 15) is 0 Å². The third-order valence-electron chi connectivity index (χ3n) is 3.12. The Balaban J connectivity index is 3.09. The van der Waals surface area contributed by atoms with Crippen molar-refractivity contribution in [1.82, 2.24) is 0 Å². The number of aryl methyl sites for hydroxylation is 1. The maximum absolute atomic E-state index is 5.23. The molecule has 3 heteroatoms. The summed E-state index contributed by atoms with van der Waals surface area (Å²) in [6.07, 6.45) is 7.13. The SMILES string of the molecule is C\C=C/C(C)=N\C(CCCC)=N\c1ccc(OC)cc1C. The van der Waals surface area contributed by atoms with Gasteiger partial charge < -0.3 is 4.74 Å². The van der Waals surface area contributed by atoms with Crippen LogP contribution >= 0.6 is 0 Å². The van der Waals surface area contributed by atoms with E-state index in [0.29, 0.717) is 0 Å². The maximum atomic E-state index is 5.23. The third-order valence-corrected chi connectivity index (χ3v) is 3.12. The van der Waals surface area contributed by atoms with Crippen LogP contribution in [0.2, 0.25) is 0 Å². The van der Waals surface area contributed by atoms with Crippen molar-refractivity contribution in [1.29, 1.82) is 0 Å². The van der Waals surface area contributed by atoms with Gasteiger partial charge in [0.1, 0.15) is 11.6 Å². The number of rotatable bonds is 6. The average molecular weight is 286 g/mol. The molecule has 0 bridgehead atoms. The molecule has 0 aliphatic heterocycles. The molecule has 0 amide bonds. The Labute approximate surface area is 128 Å². The Bertz CT molecular complexity index is 542. The summed E-state index contributed by atoms with van der Waals surface area (Å²) in [5.41, 5.74) is 3.04. The number of nitrogens with zero attached hydrogens (tertiary/aromatic N) is 2. The number of hydrogen-bond acceptors (Lipinski definition) is 2. The molecule has 0 saturated heterocycles. The van der Waals surface area contributed by atoms with Crippen LogP contribution in [0.1, 0.15) is 45.6 Å². The maximum Gasteiger partial charge on any atom is 0.129 e. The van der Waals surface area contributed by atoms with Crippen LogP contribution in [0.3, 0.4) is 0 Å². The first-order valence-electron chi connectivity index (χ1n) is 7.50. The summed E-state index contributed by atoms with van der Waals surface area (Å²) in [5.74, 6) is 1.75. The minimum Gasteiger partial charge on any atom is -0.497 e. The first-order chi connectivity index (χ1) is 10.1. The molecule has 114 valence electrons. The zero-order valence-corrected chi connectivity index (χ0v) is 13.8. The molecule has 0 aromatic heterocycles. The molecule has 0 heterocycles. The molecule has 0 spiro atoms. The van der Waals surface area contributed by atoms with Gasteiger partial charge in [-0.15, -0.1) is 0 Å². The zero-order chi connectivity index (χ0) is 15.7. The van der Waals surface area contributed by atoms with Crippen LogP contribution < -0.4 is 4.74 Å². The predicted molar refractivity (Wildman–Crippen MR) is 92.3 cm³/mol. The van der Waals surface area contributed by atoms with Crippen LogP contribution in [-0.4, -0.2) is 18.7 Å². The Hall–Kier alpha value is -1.90. The normalized spacial score (nSPS) is 13.0. The van der Waals surface area contributed by atoms with E-state index in [-0.39, 0.29) is 0 Å². The molecular formula is C18H26N2O. The van der Waals surface area contributed by atoms with Crippen molar-refractivity contribution in [3.05, 3.63) is 35.9 Å². The molecule has 21 heavy (non-hydrogen) atoms. The molecule has 0 unspecified atom stereocenters. The van der Waals surface area contributed by atoms with Gasteiger partial charge in [-0.3, -0.25) is 0 Å². The second kappa shape index (κ2) is 9.11. The molecule has 0 fully saturated rings. The summed E-state index contributed by atoms with van der Waals surface area (Å²) in [6.45, 7) is 8.22. The Kier molecular flexibility index (Phi) is 7.44. The van der Waals surface area contributed by atoms with Gasteiger partial charge in [-0.1, -0.05) is 19.4 Å². The molecular weight excluding hydrogens is 260 g/mol. The molecule has 0 aliphatic rings. The Morgan fingerprint density at radius 2 is 2.10 bits per heavy atom. The van der Waals surface area contributed by atoms with E-state index in [1.807, 2.05) is 51.1 Å². The van der Waals surface area contributed by atoms with Crippen molar-refractivity contribution < 1.29 is 4.74 Å². The third kappa shape index (κ3) is 5.94. The molecule has 0 aliphatic carbocycles. The first-order valence-corrected chi connectivity index (χ1v) is 7.50. The van der Waals surface area contributed by atoms with Crippen LogP contribution in [0, 0.1) is 6.92 Å². The summed E-state index contributed by atoms with van der Waals surface area (Å²) in [5, 5.41) is 0. The molecule has 0 radical (unpaired) electrons. The summed E-state index contributed by atoms with van der Waals surface area (Å²) < 4.78 is 5.23. The number of unbranched alkanes of at least 4 members (excludes halogenated alkanes) is 1. The lowest BCUT2D eigenvalue weighted by Crippen LogP contribution is -1.98. The van der Waals surface area contributed by atoms with E-state index in [1.165, 1.54) is 0 Å². The minimum atomic E-state index is 0.857. The van der Waals surface area contributed by atoms with Gasteiger partial charge in [0.25, 0.3) is 0 Å². The van der Waals surface area contributed by atoms with Crippen LogP contribution in [0.4, 0.5) is 5.69 Å². The fourth-order valence-corrected chi connectivity index (χ4v) is 1.97. The summed E-state index contributed by atoms with van der Waals surface area (Å²) in [4.78, 5) is 9.36. The quantitative estimate of drug-likeness (QED) is 0.518. The van der Waals surface area contributed by atoms with Gasteiger partial charge in [0.15, 0.2) is 0 Å². The lowest BCUT2D eigenvalue weighted by molar-refractivity contribution is 0.414. The van der Waals surface area contributed by atoms with Crippen molar-refractivity contribution in [2.45, 2.75) is 47.0 Å². The molecule has 0 N–H and O–H groups in total. The smallest absolute Gasteiger partial charge is 0.129 e. The topological polar surface area (TPSA) is 34.0 Å². The number of ether oxygens (including phenoxy) is 1. The fraction of sp³-hybridized carbons (Fsp3) is 0.444. The van der Waals surface area contributed by atoms with Gasteiger partial charge >= 0.3 is 0 Å². The van der Waals surface area contributed by atoms with Crippen LogP contribution in [0.5, 0.6) is 5.75 Å². The number of allylic oxidation sites excluding steroid dienone is 2. The van der Waals surface area contributed by atoms with E-state index >= 15 is 0 Å². The van der Waals surface area contributed by atoms with Gasteiger partial charge in [0.2, 0.25) is 0 Å². The highest BCUT2D eigenvalue weighted by atomic mass is 16.5. The van der Waals surface area contributed by atoms with Crippen molar-refractivity contribution >= 4 is 17.2 Å². The molecule has 1 aromatic carbocycles. The van der Waals surface area contributed by atoms with Crippen molar-refractivity contribution in [2.75, 3.05) is 7.11 Å². The van der Waals surface area contributed by atoms with E-state index in [0.717, 1.165) is 47.8 Å². The average Bonchev–Trinajstić information content (AvgIpc) is 2.46. The van der Waals surface area contributed by atoms with Crippen molar-refractivity contribution in [2.24, 2.45) is 9.98 Å². The van der Waals surface area contributed by atoms with E-state index < -0.39 is 0 Å². The van der Waals surface area contributed by atoms with E-state index in [4.69, 9.17) is 9.73 Å². The lowest BCUT2D eigenvalue weighted by atomic mass is 10.2. The van der Waals surface area contributed by atoms with Gasteiger partial charge in [0.05, 0.1) is 12.8 Å². The van der Waals surface area contributed by atoms with Gasteiger partial charge in [-0.05, 0) is 57.0 Å². The summed E-state index contributed by atoms with van der Waals surface area (Å²) >= 11 is 0. The van der Waals surface area contributed by atoms with Gasteiger partial charge in [0, 0.05) is 12.1 Å². The monoisotopic (exact) mass is 286 g/mol. The second-order valence-corrected chi connectivity index (χ2v) is 5.04. The van der Waals surface area contributed by atoms with Gasteiger partial charge in [-0.25, -0.2) is 9.98 Å². The fourth-order valence-electron chi connectivity index (χ4n) is 1.97. The molecule has 3 nitrogen and oxygen atoms in total. The minimum absolute atomic E-state index is 0.857. The van der Waals surface area contributed by atoms with Crippen molar-refractivity contribution in [3.63, 3.8) is 0 Å². The standard InChI is InChI=1S/C18H26N2O/c1-6-8-10-18(19-15(4)9-7-2)20-17-12-11-16(21-5)13-14(17)3/h7,9,11-13H,6,8,10H2,1-5H3/b9-7-,19-15-,20-18+. The van der Waals surface area contributed by atoms with E-state index in [1.54, 1.807) is 7.11 Å². The Morgan fingerprint density at radius 3 is 2.67 bits per heavy atom. The second-order valence-electron chi connectivity index (χ2n) is 5.04. The lowest BCUT2D eigenvalue weighted by Gasteiger charge is -2.06. The van der Waals surface area contributed by atoms with Crippen LogP contribution in [0.15, 0.2) is 40.3 Å².